The maximum atomic E-state index is 6.32. The summed E-state index contributed by atoms with van der Waals surface area (Å²) < 4.78 is 16.8. The Balaban J connectivity index is 1.87. The molecule has 28 heavy (non-hydrogen) atoms. The molecule has 0 fully saturated rings. The first-order chi connectivity index (χ1) is 13.5. The molecule has 0 aliphatic heterocycles. The van der Waals surface area contributed by atoms with E-state index >= 15 is 0 Å². The van der Waals surface area contributed by atoms with Crippen LogP contribution in [0.4, 0.5) is 0 Å². The molecule has 5 nitrogen and oxygen atoms in total. The molecule has 0 aliphatic rings. The molecule has 0 saturated carbocycles. The van der Waals surface area contributed by atoms with Gasteiger partial charge in [0.05, 0.1) is 17.7 Å². The molecule has 2 aromatic carbocycles. The van der Waals surface area contributed by atoms with Gasteiger partial charge in [-0.25, -0.2) is 0 Å². The van der Waals surface area contributed by atoms with Gasteiger partial charge in [0.25, 0.3) is 5.89 Å². The van der Waals surface area contributed by atoms with E-state index in [0.717, 1.165) is 34.2 Å². The van der Waals surface area contributed by atoms with Crippen molar-refractivity contribution in [2.45, 2.75) is 33.3 Å². The van der Waals surface area contributed by atoms with E-state index in [0.29, 0.717) is 29.1 Å². The number of benzene rings is 2. The van der Waals surface area contributed by atoms with E-state index < -0.39 is 0 Å². The zero-order valence-corrected chi connectivity index (χ0v) is 18.4. The third-order valence-electron chi connectivity index (χ3n) is 4.01. The van der Waals surface area contributed by atoms with E-state index in [1.54, 1.807) is 6.07 Å². The van der Waals surface area contributed by atoms with Crippen molar-refractivity contribution in [1.29, 1.82) is 0 Å². The van der Waals surface area contributed by atoms with Gasteiger partial charge in [0.15, 0.2) is 0 Å². The average molecular weight is 466 g/mol. The van der Waals surface area contributed by atoms with Gasteiger partial charge in [-0.15, -0.1) is 0 Å². The molecular weight excluding hydrogens is 444 g/mol. The van der Waals surface area contributed by atoms with E-state index in [1.165, 1.54) is 0 Å². The zero-order valence-electron chi connectivity index (χ0n) is 16.0. The second kappa shape index (κ2) is 9.43. The highest BCUT2D eigenvalue weighted by molar-refractivity contribution is 9.09. The van der Waals surface area contributed by atoms with Crippen molar-refractivity contribution in [3.8, 4) is 34.3 Å². The molecule has 1 heterocycles. The van der Waals surface area contributed by atoms with Crippen LogP contribution < -0.4 is 9.47 Å². The summed E-state index contributed by atoms with van der Waals surface area (Å²) >= 11 is 9.69. The van der Waals surface area contributed by atoms with Crippen molar-refractivity contribution >= 4 is 27.5 Å². The third-order valence-corrected chi connectivity index (χ3v) is 4.63. The second-order valence-electron chi connectivity index (χ2n) is 6.44. The van der Waals surface area contributed by atoms with Gasteiger partial charge in [-0.2, -0.15) is 4.98 Å². The number of aryl methyl sites for hydroxylation is 1. The molecular formula is C21H22BrClN2O3. The number of hydrogen-bond acceptors (Lipinski definition) is 5. The fraction of sp³-hybridized carbons (Fsp3) is 0.333. The second-order valence-corrected chi connectivity index (χ2v) is 7.65. The number of nitrogens with zero attached hydrogens (tertiary/aromatic N) is 2. The fourth-order valence-electron chi connectivity index (χ4n) is 2.76. The number of aromatic nitrogens is 2. The summed E-state index contributed by atoms with van der Waals surface area (Å²) in [6.45, 7) is 6.61. The summed E-state index contributed by atoms with van der Waals surface area (Å²) in [6.07, 6.45) is 0.880. The van der Waals surface area contributed by atoms with E-state index in [4.69, 9.17) is 25.6 Å². The Morgan fingerprint density at radius 3 is 2.68 bits per heavy atom. The maximum Gasteiger partial charge on any atom is 0.258 e. The molecule has 0 spiro atoms. The molecule has 0 atom stereocenters. The predicted molar refractivity (Wildman–Crippen MR) is 115 cm³/mol. The van der Waals surface area contributed by atoms with Gasteiger partial charge in [0.1, 0.15) is 11.5 Å². The van der Waals surface area contributed by atoms with Crippen LogP contribution in [0.1, 0.15) is 26.3 Å². The largest absolute Gasteiger partial charge is 0.493 e. The lowest BCUT2D eigenvalue weighted by Gasteiger charge is -2.11. The summed E-state index contributed by atoms with van der Waals surface area (Å²) in [4.78, 5) is 4.56. The molecule has 0 unspecified atom stereocenters. The Morgan fingerprint density at radius 1 is 1.18 bits per heavy atom. The zero-order chi connectivity index (χ0) is 20.1. The summed E-state index contributed by atoms with van der Waals surface area (Å²) in [6, 6.07) is 11.3. The van der Waals surface area contributed by atoms with Crippen molar-refractivity contribution in [1.82, 2.24) is 10.1 Å². The van der Waals surface area contributed by atoms with Gasteiger partial charge in [-0.05, 0) is 62.2 Å². The minimum Gasteiger partial charge on any atom is -0.493 e. The average Bonchev–Trinajstić information content (AvgIpc) is 3.17. The van der Waals surface area contributed by atoms with Crippen LogP contribution >= 0.6 is 27.5 Å². The van der Waals surface area contributed by atoms with Gasteiger partial charge in [-0.1, -0.05) is 39.6 Å². The molecule has 0 radical (unpaired) electrons. The van der Waals surface area contributed by atoms with Gasteiger partial charge in [0, 0.05) is 16.5 Å². The predicted octanol–water partition coefficient (Wildman–Crippen LogP) is 6.18. The highest BCUT2D eigenvalue weighted by Gasteiger charge is 2.15. The van der Waals surface area contributed by atoms with Crippen LogP contribution in [0.15, 0.2) is 40.9 Å². The quantitative estimate of drug-likeness (QED) is 0.372. The molecule has 0 amide bonds. The first kappa shape index (κ1) is 20.7. The molecule has 0 saturated heterocycles. The number of ether oxygens (including phenoxy) is 2. The molecule has 0 aliphatic carbocycles. The number of rotatable bonds is 8. The minimum absolute atomic E-state index is 0.0484. The van der Waals surface area contributed by atoms with Crippen molar-refractivity contribution < 1.29 is 14.0 Å². The van der Waals surface area contributed by atoms with Gasteiger partial charge in [-0.3, -0.25) is 0 Å². The lowest BCUT2D eigenvalue weighted by Crippen LogP contribution is -2.05. The molecule has 3 rings (SSSR count). The summed E-state index contributed by atoms with van der Waals surface area (Å²) in [5.74, 6) is 2.41. The number of hydrogen-bond donors (Lipinski definition) is 0. The first-order valence-corrected chi connectivity index (χ1v) is 10.6. The van der Waals surface area contributed by atoms with Crippen LogP contribution in [0.3, 0.4) is 0 Å². The molecule has 1 aromatic heterocycles. The monoisotopic (exact) mass is 464 g/mol. The standard InChI is InChI=1S/C21H22BrClN2O3/c1-4-14-11-16(26-10-9-22)6-7-17(14)20-24-21(28-25-20)15-5-8-19(18(23)12-15)27-13(2)3/h5-8,11-13H,4,9-10H2,1-3H3. The van der Waals surface area contributed by atoms with Crippen molar-refractivity contribution in [3.63, 3.8) is 0 Å². The number of halogens is 2. The van der Waals surface area contributed by atoms with Crippen molar-refractivity contribution in [3.05, 3.63) is 47.0 Å². The van der Waals surface area contributed by atoms with Crippen LogP contribution in [0.25, 0.3) is 22.8 Å². The van der Waals surface area contributed by atoms with Crippen molar-refractivity contribution in [2.24, 2.45) is 0 Å². The Labute approximate surface area is 178 Å². The molecule has 7 heteroatoms. The van der Waals surface area contributed by atoms with Crippen LogP contribution in [0.5, 0.6) is 11.5 Å². The molecule has 0 bridgehead atoms. The molecule has 0 N–H and O–H groups in total. The van der Waals surface area contributed by atoms with Crippen LogP contribution in [0, 0.1) is 0 Å². The van der Waals surface area contributed by atoms with Gasteiger partial charge < -0.3 is 14.0 Å². The highest BCUT2D eigenvalue weighted by atomic mass is 79.9. The molecule has 3 aromatic rings. The third kappa shape index (κ3) is 4.86. The number of alkyl halides is 1. The Hall–Kier alpha value is -2.05. The summed E-state index contributed by atoms with van der Waals surface area (Å²) in [5.41, 5.74) is 2.77. The fourth-order valence-corrected chi connectivity index (χ4v) is 3.15. The maximum absolute atomic E-state index is 6.32. The van der Waals surface area contributed by atoms with Crippen molar-refractivity contribution in [2.75, 3.05) is 11.9 Å². The highest BCUT2D eigenvalue weighted by Crippen LogP contribution is 2.32. The normalized spacial score (nSPS) is 11.1. The first-order valence-electron chi connectivity index (χ1n) is 9.14. The van der Waals surface area contributed by atoms with E-state index in [2.05, 4.69) is 33.0 Å². The van der Waals surface area contributed by atoms with E-state index in [-0.39, 0.29) is 6.10 Å². The Morgan fingerprint density at radius 2 is 2.00 bits per heavy atom. The van der Waals surface area contributed by atoms with Gasteiger partial charge in [0.2, 0.25) is 5.82 Å². The lowest BCUT2D eigenvalue weighted by atomic mass is 10.0. The smallest absolute Gasteiger partial charge is 0.258 e. The van der Waals surface area contributed by atoms with Gasteiger partial charge >= 0.3 is 0 Å². The minimum atomic E-state index is 0.0484. The summed E-state index contributed by atoms with van der Waals surface area (Å²) in [5, 5.41) is 5.45. The Bertz CT molecular complexity index is 943. The SMILES string of the molecule is CCc1cc(OCCBr)ccc1-c1noc(-c2ccc(OC(C)C)c(Cl)c2)n1. The lowest BCUT2D eigenvalue weighted by molar-refractivity contribution is 0.242. The van der Waals surface area contributed by atoms with Crippen LogP contribution in [-0.4, -0.2) is 28.2 Å². The van der Waals surface area contributed by atoms with Crippen LogP contribution in [-0.2, 0) is 6.42 Å². The van der Waals surface area contributed by atoms with E-state index in [9.17, 15) is 0 Å². The topological polar surface area (TPSA) is 57.4 Å². The summed E-state index contributed by atoms with van der Waals surface area (Å²) in [7, 11) is 0. The molecule has 148 valence electrons. The van der Waals surface area contributed by atoms with Crippen LogP contribution in [0.2, 0.25) is 5.02 Å². The Kier molecular flexibility index (Phi) is 6.97. The van der Waals surface area contributed by atoms with E-state index in [1.807, 2.05) is 44.2 Å².